The van der Waals surface area contributed by atoms with Gasteiger partial charge >= 0.3 is 5.97 Å². The third-order valence-corrected chi connectivity index (χ3v) is 4.75. The zero-order chi connectivity index (χ0) is 19.5. The van der Waals surface area contributed by atoms with Crippen molar-refractivity contribution in [1.82, 2.24) is 0 Å². The van der Waals surface area contributed by atoms with Gasteiger partial charge in [-0.2, -0.15) is 0 Å². The van der Waals surface area contributed by atoms with Crippen molar-refractivity contribution >= 4 is 5.97 Å². The van der Waals surface area contributed by atoms with Crippen LogP contribution in [0.3, 0.4) is 0 Å². The summed E-state index contributed by atoms with van der Waals surface area (Å²) in [6.07, 6.45) is 16.2. The third kappa shape index (κ3) is 16.8. The van der Waals surface area contributed by atoms with E-state index in [2.05, 4.69) is 11.7 Å². The van der Waals surface area contributed by atoms with Gasteiger partial charge in [-0.05, 0) is 6.42 Å². The minimum Gasteiger partial charge on any atom is -0.433 e. The molecule has 0 spiro atoms. The van der Waals surface area contributed by atoms with Crippen molar-refractivity contribution in [3.8, 4) is 0 Å². The lowest BCUT2D eigenvalue weighted by Gasteiger charge is -2.15. The molecule has 0 aromatic carbocycles. The first-order valence-corrected chi connectivity index (χ1v) is 10.8. The predicted molar refractivity (Wildman–Crippen MR) is 105 cm³/mol. The molecule has 3 N–H and O–H groups in total. The molecule has 0 aliphatic heterocycles. The maximum atomic E-state index is 11.4. The van der Waals surface area contributed by atoms with E-state index in [0.29, 0.717) is 0 Å². The van der Waals surface area contributed by atoms with Crippen LogP contribution in [-0.2, 0) is 9.53 Å². The van der Waals surface area contributed by atoms with E-state index in [4.69, 9.17) is 10.2 Å². The Morgan fingerprint density at radius 2 is 1.12 bits per heavy atom. The number of carbonyl (C=O) groups is 1. The largest absolute Gasteiger partial charge is 0.433 e. The molecule has 0 saturated heterocycles. The van der Waals surface area contributed by atoms with Crippen LogP contribution in [0, 0.1) is 0 Å². The zero-order valence-corrected chi connectivity index (χ0v) is 16.8. The van der Waals surface area contributed by atoms with Gasteiger partial charge in [-0.15, -0.1) is 0 Å². The Morgan fingerprint density at radius 1 is 0.731 bits per heavy atom. The Labute approximate surface area is 160 Å². The molecule has 0 amide bonds. The number of ether oxygens (including phenoxy) is 1. The number of esters is 1. The highest BCUT2D eigenvalue weighted by Crippen LogP contribution is 2.14. The van der Waals surface area contributed by atoms with Gasteiger partial charge in [0, 0.05) is 6.42 Å². The highest BCUT2D eigenvalue weighted by Gasteiger charge is 2.19. The molecule has 0 saturated carbocycles. The summed E-state index contributed by atoms with van der Waals surface area (Å²) in [6, 6.07) is 0. The average molecular weight is 375 g/mol. The summed E-state index contributed by atoms with van der Waals surface area (Å²) in [6.45, 7) is 1.62. The second-order valence-electron chi connectivity index (χ2n) is 7.33. The molecule has 0 rings (SSSR count). The van der Waals surface area contributed by atoms with Crippen LogP contribution in [0.4, 0.5) is 0 Å². The number of aliphatic hydroxyl groups excluding tert-OH is 3. The topological polar surface area (TPSA) is 87.0 Å². The Kier molecular flexibility index (Phi) is 18.6. The number of carbonyl (C=O) groups excluding carboxylic acids is 1. The lowest BCUT2D eigenvalue weighted by molar-refractivity contribution is -0.190. The Morgan fingerprint density at radius 3 is 1.50 bits per heavy atom. The molecule has 0 aliphatic rings. The van der Waals surface area contributed by atoms with Gasteiger partial charge in [0.15, 0.2) is 0 Å². The first kappa shape index (κ1) is 25.4. The normalized spacial score (nSPS) is 13.5. The van der Waals surface area contributed by atoms with Crippen LogP contribution >= 0.6 is 0 Å². The van der Waals surface area contributed by atoms with Gasteiger partial charge in [0.05, 0.1) is 6.61 Å². The average Bonchev–Trinajstić information content (AvgIpc) is 2.64. The van der Waals surface area contributed by atoms with Crippen molar-refractivity contribution in [2.24, 2.45) is 0 Å². The summed E-state index contributed by atoms with van der Waals surface area (Å²) in [5.41, 5.74) is 0. The quantitative estimate of drug-likeness (QED) is 0.176. The molecule has 156 valence electrons. The van der Waals surface area contributed by atoms with Crippen molar-refractivity contribution in [3.63, 3.8) is 0 Å². The van der Waals surface area contributed by atoms with Crippen molar-refractivity contribution < 1.29 is 24.9 Å². The Balaban J connectivity index is 3.23. The molecule has 5 nitrogen and oxygen atoms in total. The van der Waals surface area contributed by atoms with Gasteiger partial charge in [-0.1, -0.05) is 96.8 Å². The van der Waals surface area contributed by atoms with Crippen molar-refractivity contribution in [2.45, 2.75) is 122 Å². The highest BCUT2D eigenvalue weighted by atomic mass is 16.6. The van der Waals surface area contributed by atoms with Gasteiger partial charge in [-0.25, -0.2) is 0 Å². The lowest BCUT2D eigenvalue weighted by atomic mass is 10.0. The Hall–Kier alpha value is -0.650. The second kappa shape index (κ2) is 19.1. The van der Waals surface area contributed by atoms with Gasteiger partial charge < -0.3 is 20.1 Å². The fourth-order valence-electron chi connectivity index (χ4n) is 3.00. The predicted octanol–water partition coefficient (Wildman–Crippen LogP) is 4.46. The molecule has 0 fully saturated rings. The van der Waals surface area contributed by atoms with Gasteiger partial charge in [0.25, 0.3) is 0 Å². The highest BCUT2D eigenvalue weighted by molar-refractivity contribution is 5.69. The van der Waals surface area contributed by atoms with Crippen LogP contribution in [0.25, 0.3) is 0 Å². The minimum absolute atomic E-state index is 0.244. The summed E-state index contributed by atoms with van der Waals surface area (Å²) < 4.78 is 4.63. The molecule has 0 aromatic heterocycles. The summed E-state index contributed by atoms with van der Waals surface area (Å²) in [4.78, 5) is 11.4. The van der Waals surface area contributed by atoms with Crippen LogP contribution in [0.1, 0.15) is 110 Å². The van der Waals surface area contributed by atoms with Crippen molar-refractivity contribution in [3.05, 3.63) is 0 Å². The molecule has 2 unspecified atom stereocenters. The van der Waals surface area contributed by atoms with E-state index >= 15 is 0 Å². The summed E-state index contributed by atoms with van der Waals surface area (Å²) in [5, 5.41) is 27.0. The molecular formula is C21H42O5. The van der Waals surface area contributed by atoms with Crippen LogP contribution < -0.4 is 0 Å². The van der Waals surface area contributed by atoms with Crippen LogP contribution in [-0.4, -0.2) is 40.3 Å². The van der Waals surface area contributed by atoms with Crippen LogP contribution in [0.2, 0.25) is 0 Å². The van der Waals surface area contributed by atoms with Gasteiger partial charge in [0.1, 0.15) is 6.10 Å². The van der Waals surface area contributed by atoms with E-state index in [1.807, 2.05) is 0 Å². The maximum absolute atomic E-state index is 11.4. The molecular weight excluding hydrogens is 332 g/mol. The van der Waals surface area contributed by atoms with Crippen LogP contribution in [0.5, 0.6) is 0 Å². The molecule has 5 heteroatoms. The number of hydrogen-bond acceptors (Lipinski definition) is 5. The van der Waals surface area contributed by atoms with E-state index in [9.17, 15) is 9.90 Å². The number of hydrogen-bond donors (Lipinski definition) is 3. The molecule has 0 aliphatic carbocycles. The minimum atomic E-state index is -1.64. The molecule has 0 aromatic rings. The van der Waals surface area contributed by atoms with E-state index in [-0.39, 0.29) is 6.42 Å². The van der Waals surface area contributed by atoms with Crippen LogP contribution in [0.15, 0.2) is 0 Å². The SMILES string of the molecule is CCCCCCCCCCCCCCCCCC(=O)OC(O)C(O)CO. The van der Waals surface area contributed by atoms with Gasteiger partial charge in [0.2, 0.25) is 6.29 Å². The van der Waals surface area contributed by atoms with Crippen molar-refractivity contribution in [1.29, 1.82) is 0 Å². The molecule has 0 radical (unpaired) electrons. The fourth-order valence-corrected chi connectivity index (χ4v) is 3.00. The number of unbranched alkanes of at least 4 members (excludes halogenated alkanes) is 14. The molecule has 0 heterocycles. The first-order valence-electron chi connectivity index (χ1n) is 10.8. The van der Waals surface area contributed by atoms with E-state index < -0.39 is 25.0 Å². The standard InChI is InChI=1S/C21H42O5/c1-2-3-4-5-6-7-8-9-10-11-12-13-14-15-16-17-20(24)26-21(25)19(23)18-22/h19,21-23,25H,2-18H2,1H3. The number of rotatable bonds is 19. The third-order valence-electron chi connectivity index (χ3n) is 4.75. The van der Waals surface area contributed by atoms with E-state index in [1.54, 1.807) is 0 Å². The zero-order valence-electron chi connectivity index (χ0n) is 16.8. The molecule has 2 atom stereocenters. The summed E-state index contributed by atoms with van der Waals surface area (Å²) in [7, 11) is 0. The summed E-state index contributed by atoms with van der Waals surface area (Å²) >= 11 is 0. The lowest BCUT2D eigenvalue weighted by Crippen LogP contribution is -2.33. The van der Waals surface area contributed by atoms with Gasteiger partial charge in [-0.3, -0.25) is 4.79 Å². The number of aliphatic hydroxyl groups is 3. The monoisotopic (exact) mass is 374 g/mol. The fraction of sp³-hybridized carbons (Fsp3) is 0.952. The summed E-state index contributed by atoms with van der Waals surface area (Å²) in [5.74, 6) is -0.528. The molecule has 26 heavy (non-hydrogen) atoms. The molecule has 0 bridgehead atoms. The smallest absolute Gasteiger partial charge is 0.308 e. The van der Waals surface area contributed by atoms with Crippen molar-refractivity contribution in [2.75, 3.05) is 6.61 Å². The maximum Gasteiger partial charge on any atom is 0.308 e. The van der Waals surface area contributed by atoms with E-state index in [0.717, 1.165) is 19.3 Å². The van der Waals surface area contributed by atoms with E-state index in [1.165, 1.54) is 77.0 Å². The second-order valence-corrected chi connectivity index (χ2v) is 7.33. The first-order chi connectivity index (χ1) is 12.6. The Bertz CT molecular complexity index is 309.